The standard InChI is InChI=1S/C16H25NO3/c1-11(2)14(9-18)17-12(3)4-5-13-6-7-15-16(8-13)20-10-19-15/h6-8,11-12,14,17-18H,4-5,9-10H2,1-3H3. The average Bonchev–Trinajstić information content (AvgIpc) is 2.89. The maximum absolute atomic E-state index is 9.34. The van der Waals surface area contributed by atoms with Crippen molar-refractivity contribution in [2.45, 2.75) is 45.7 Å². The number of nitrogens with one attached hydrogen (secondary N) is 1. The molecule has 112 valence electrons. The normalized spacial score (nSPS) is 16.4. The Bertz CT molecular complexity index is 434. The second-order valence-electron chi connectivity index (χ2n) is 5.83. The molecule has 1 aromatic carbocycles. The van der Waals surface area contributed by atoms with Crippen LogP contribution in [0.4, 0.5) is 0 Å². The molecule has 1 aromatic rings. The van der Waals surface area contributed by atoms with Gasteiger partial charge in [-0.2, -0.15) is 0 Å². The molecule has 4 heteroatoms. The van der Waals surface area contributed by atoms with Gasteiger partial charge in [0, 0.05) is 12.1 Å². The van der Waals surface area contributed by atoms with Crippen LogP contribution in [-0.2, 0) is 6.42 Å². The Morgan fingerprint density at radius 3 is 2.65 bits per heavy atom. The molecule has 1 aliphatic heterocycles. The SMILES string of the molecule is CC(CCc1ccc2c(c1)OCO2)NC(CO)C(C)C. The van der Waals surface area contributed by atoms with Crippen LogP contribution < -0.4 is 14.8 Å². The number of rotatable bonds is 7. The summed E-state index contributed by atoms with van der Waals surface area (Å²) >= 11 is 0. The highest BCUT2D eigenvalue weighted by molar-refractivity contribution is 5.44. The average molecular weight is 279 g/mol. The second kappa shape index (κ2) is 6.95. The number of benzene rings is 1. The highest BCUT2D eigenvalue weighted by Crippen LogP contribution is 2.32. The lowest BCUT2D eigenvalue weighted by molar-refractivity contribution is 0.174. The second-order valence-corrected chi connectivity index (χ2v) is 5.83. The van der Waals surface area contributed by atoms with Crippen LogP contribution in [0.3, 0.4) is 0 Å². The minimum absolute atomic E-state index is 0.168. The maximum atomic E-state index is 9.34. The summed E-state index contributed by atoms with van der Waals surface area (Å²) in [6, 6.07) is 6.66. The lowest BCUT2D eigenvalue weighted by Gasteiger charge is -2.24. The van der Waals surface area contributed by atoms with Crippen LogP contribution in [0.5, 0.6) is 11.5 Å². The molecule has 2 rings (SSSR count). The fourth-order valence-corrected chi connectivity index (χ4v) is 2.38. The Kier molecular flexibility index (Phi) is 5.26. The predicted molar refractivity (Wildman–Crippen MR) is 79.2 cm³/mol. The summed E-state index contributed by atoms with van der Waals surface area (Å²) in [5, 5.41) is 12.8. The largest absolute Gasteiger partial charge is 0.454 e. The molecule has 0 spiro atoms. The molecule has 0 aliphatic carbocycles. The summed E-state index contributed by atoms with van der Waals surface area (Å²) in [5.41, 5.74) is 1.26. The van der Waals surface area contributed by atoms with E-state index in [1.807, 2.05) is 6.07 Å². The summed E-state index contributed by atoms with van der Waals surface area (Å²) in [5.74, 6) is 2.12. The van der Waals surface area contributed by atoms with Crippen LogP contribution >= 0.6 is 0 Å². The van der Waals surface area contributed by atoms with Crippen LogP contribution in [0.25, 0.3) is 0 Å². The smallest absolute Gasteiger partial charge is 0.231 e. The molecule has 0 bridgehead atoms. The van der Waals surface area contributed by atoms with E-state index in [0.29, 0.717) is 18.8 Å². The number of ether oxygens (including phenoxy) is 2. The van der Waals surface area contributed by atoms with Gasteiger partial charge in [-0.3, -0.25) is 0 Å². The van der Waals surface area contributed by atoms with E-state index >= 15 is 0 Å². The van der Waals surface area contributed by atoms with Crippen LogP contribution in [-0.4, -0.2) is 30.6 Å². The van der Waals surface area contributed by atoms with Crippen molar-refractivity contribution in [2.75, 3.05) is 13.4 Å². The third-order valence-electron chi connectivity index (χ3n) is 3.80. The quantitative estimate of drug-likeness (QED) is 0.804. The maximum Gasteiger partial charge on any atom is 0.231 e. The van der Waals surface area contributed by atoms with E-state index in [0.717, 1.165) is 24.3 Å². The van der Waals surface area contributed by atoms with Gasteiger partial charge in [0.25, 0.3) is 0 Å². The first-order chi connectivity index (χ1) is 9.60. The van der Waals surface area contributed by atoms with Crippen LogP contribution in [0, 0.1) is 5.92 Å². The van der Waals surface area contributed by atoms with E-state index in [4.69, 9.17) is 9.47 Å². The van der Waals surface area contributed by atoms with Crippen molar-refractivity contribution >= 4 is 0 Å². The molecular weight excluding hydrogens is 254 g/mol. The van der Waals surface area contributed by atoms with E-state index in [1.54, 1.807) is 0 Å². The molecule has 0 radical (unpaired) electrons. The number of fused-ring (bicyclic) bond motifs is 1. The zero-order chi connectivity index (χ0) is 14.5. The number of hydrogen-bond acceptors (Lipinski definition) is 4. The van der Waals surface area contributed by atoms with Gasteiger partial charge < -0.3 is 19.9 Å². The molecule has 20 heavy (non-hydrogen) atoms. The molecule has 2 atom stereocenters. The monoisotopic (exact) mass is 279 g/mol. The van der Waals surface area contributed by atoms with Gasteiger partial charge in [-0.15, -0.1) is 0 Å². The highest BCUT2D eigenvalue weighted by atomic mass is 16.7. The van der Waals surface area contributed by atoms with Crippen molar-refractivity contribution in [1.82, 2.24) is 5.32 Å². The number of aryl methyl sites for hydroxylation is 1. The van der Waals surface area contributed by atoms with Gasteiger partial charge in [-0.25, -0.2) is 0 Å². The Balaban J connectivity index is 1.82. The molecule has 2 N–H and O–H groups in total. The van der Waals surface area contributed by atoms with Crippen LogP contribution in [0.1, 0.15) is 32.8 Å². The molecule has 0 fully saturated rings. The van der Waals surface area contributed by atoms with E-state index in [-0.39, 0.29) is 12.6 Å². The van der Waals surface area contributed by atoms with Gasteiger partial charge in [0.1, 0.15) is 0 Å². The van der Waals surface area contributed by atoms with Gasteiger partial charge >= 0.3 is 0 Å². The van der Waals surface area contributed by atoms with Crippen molar-refractivity contribution in [2.24, 2.45) is 5.92 Å². The summed E-state index contributed by atoms with van der Waals surface area (Å²) in [6.07, 6.45) is 2.02. The number of aliphatic hydroxyl groups is 1. The van der Waals surface area contributed by atoms with E-state index in [2.05, 4.69) is 38.2 Å². The number of hydrogen-bond donors (Lipinski definition) is 2. The Labute approximate surface area is 121 Å². The van der Waals surface area contributed by atoms with Gasteiger partial charge in [0.15, 0.2) is 11.5 Å². The van der Waals surface area contributed by atoms with Crippen LogP contribution in [0.2, 0.25) is 0 Å². The zero-order valence-corrected chi connectivity index (χ0v) is 12.6. The van der Waals surface area contributed by atoms with Crippen molar-refractivity contribution in [3.63, 3.8) is 0 Å². The summed E-state index contributed by atoms with van der Waals surface area (Å²) in [4.78, 5) is 0. The number of aliphatic hydroxyl groups excluding tert-OH is 1. The first kappa shape index (κ1) is 15.1. The Morgan fingerprint density at radius 2 is 1.95 bits per heavy atom. The molecule has 0 saturated carbocycles. The predicted octanol–water partition coefficient (Wildman–Crippen LogP) is 2.34. The molecule has 0 saturated heterocycles. The zero-order valence-electron chi connectivity index (χ0n) is 12.6. The van der Waals surface area contributed by atoms with Crippen molar-refractivity contribution < 1.29 is 14.6 Å². The third kappa shape index (κ3) is 3.87. The summed E-state index contributed by atoms with van der Waals surface area (Å²) in [7, 11) is 0. The van der Waals surface area contributed by atoms with Crippen molar-refractivity contribution in [3.05, 3.63) is 23.8 Å². The Morgan fingerprint density at radius 1 is 1.20 bits per heavy atom. The molecule has 2 unspecified atom stereocenters. The molecule has 4 nitrogen and oxygen atoms in total. The van der Waals surface area contributed by atoms with Gasteiger partial charge in [-0.1, -0.05) is 19.9 Å². The highest BCUT2D eigenvalue weighted by Gasteiger charge is 2.16. The van der Waals surface area contributed by atoms with Gasteiger partial charge in [0.2, 0.25) is 6.79 Å². The van der Waals surface area contributed by atoms with E-state index in [1.165, 1.54) is 5.56 Å². The molecule has 1 aliphatic rings. The Hall–Kier alpha value is -1.26. The van der Waals surface area contributed by atoms with Crippen molar-refractivity contribution in [3.8, 4) is 11.5 Å². The first-order valence-electron chi connectivity index (χ1n) is 7.35. The van der Waals surface area contributed by atoms with Gasteiger partial charge in [-0.05, 0) is 43.4 Å². The van der Waals surface area contributed by atoms with Gasteiger partial charge in [0.05, 0.1) is 6.61 Å². The third-order valence-corrected chi connectivity index (χ3v) is 3.80. The molecule has 0 aromatic heterocycles. The summed E-state index contributed by atoms with van der Waals surface area (Å²) < 4.78 is 10.7. The fourth-order valence-electron chi connectivity index (χ4n) is 2.38. The minimum atomic E-state index is 0.168. The van der Waals surface area contributed by atoms with Crippen molar-refractivity contribution in [1.29, 1.82) is 0 Å². The molecular formula is C16H25NO3. The topological polar surface area (TPSA) is 50.7 Å². The summed E-state index contributed by atoms with van der Waals surface area (Å²) in [6.45, 7) is 6.92. The lowest BCUT2D eigenvalue weighted by atomic mass is 10.0. The first-order valence-corrected chi connectivity index (χ1v) is 7.35. The van der Waals surface area contributed by atoms with E-state index < -0.39 is 0 Å². The molecule has 0 amide bonds. The fraction of sp³-hybridized carbons (Fsp3) is 0.625. The lowest BCUT2D eigenvalue weighted by Crippen LogP contribution is -2.42. The van der Waals surface area contributed by atoms with E-state index in [9.17, 15) is 5.11 Å². The molecule has 1 heterocycles. The van der Waals surface area contributed by atoms with Crippen LogP contribution in [0.15, 0.2) is 18.2 Å². The minimum Gasteiger partial charge on any atom is -0.454 e.